The molecule has 1 aromatic heterocycles. The Balaban J connectivity index is 1.73. The molecule has 2 aromatic carbocycles. The van der Waals surface area contributed by atoms with Crippen molar-refractivity contribution in [3.8, 4) is 11.4 Å². The van der Waals surface area contributed by atoms with Crippen LogP contribution in [-0.2, 0) is 4.79 Å². The van der Waals surface area contributed by atoms with E-state index >= 15 is 0 Å². The molecule has 2 heterocycles. The topological polar surface area (TPSA) is 56.2 Å². The summed E-state index contributed by atoms with van der Waals surface area (Å²) in [5.74, 6) is 1.45. The first-order valence-corrected chi connectivity index (χ1v) is 9.71. The van der Waals surface area contributed by atoms with Gasteiger partial charge in [0.05, 0.1) is 18.0 Å². The Bertz CT molecular complexity index is 1020. The molecular weight excluding hydrogens is 374 g/mol. The van der Waals surface area contributed by atoms with E-state index in [0.717, 1.165) is 28.1 Å². The molecule has 1 amide bonds. The van der Waals surface area contributed by atoms with Crippen LogP contribution >= 0.6 is 11.6 Å². The molecule has 0 fully saturated rings. The Hall–Kier alpha value is -2.79. The Kier molecular flexibility index (Phi) is 4.85. The molecule has 4 rings (SSSR count). The highest BCUT2D eigenvalue weighted by Crippen LogP contribution is 2.39. The number of nitrogens with one attached hydrogen (secondary N) is 1. The highest BCUT2D eigenvalue weighted by Gasteiger charge is 2.30. The number of halogens is 1. The lowest BCUT2D eigenvalue weighted by Gasteiger charge is -2.24. The highest BCUT2D eigenvalue weighted by molar-refractivity contribution is 6.31. The molecule has 3 aromatic rings. The fourth-order valence-corrected chi connectivity index (χ4v) is 3.75. The number of nitrogens with zero attached hydrogens (tertiary/aromatic N) is 2. The maximum Gasteiger partial charge on any atom is 0.226 e. The number of aromatic nitrogens is 2. The minimum atomic E-state index is -0.0508. The summed E-state index contributed by atoms with van der Waals surface area (Å²) in [7, 11) is 0. The molecule has 144 valence electrons. The van der Waals surface area contributed by atoms with Crippen LogP contribution < -0.4 is 10.1 Å². The van der Waals surface area contributed by atoms with Gasteiger partial charge in [-0.3, -0.25) is 4.79 Å². The molecule has 0 saturated carbocycles. The Morgan fingerprint density at radius 2 is 1.96 bits per heavy atom. The summed E-state index contributed by atoms with van der Waals surface area (Å²) >= 11 is 6.28. The molecule has 1 N–H and O–H groups in total. The predicted molar refractivity (Wildman–Crippen MR) is 111 cm³/mol. The van der Waals surface area contributed by atoms with Gasteiger partial charge < -0.3 is 10.1 Å². The van der Waals surface area contributed by atoms with Crippen LogP contribution in [0.25, 0.3) is 5.69 Å². The summed E-state index contributed by atoms with van der Waals surface area (Å²) in [6, 6.07) is 13.6. The predicted octanol–water partition coefficient (Wildman–Crippen LogP) is 5.10. The van der Waals surface area contributed by atoms with Gasteiger partial charge >= 0.3 is 0 Å². The van der Waals surface area contributed by atoms with E-state index in [1.807, 2.05) is 69.4 Å². The van der Waals surface area contributed by atoms with E-state index in [1.165, 1.54) is 0 Å². The van der Waals surface area contributed by atoms with E-state index in [2.05, 4.69) is 10.4 Å². The first kappa shape index (κ1) is 18.6. The molecule has 1 aliphatic rings. The zero-order chi connectivity index (χ0) is 19.8. The van der Waals surface area contributed by atoms with Gasteiger partial charge in [0.15, 0.2) is 0 Å². The monoisotopic (exact) mass is 395 g/mol. The smallest absolute Gasteiger partial charge is 0.226 e. The maximum absolute atomic E-state index is 12.5. The molecular formula is C22H22ClN3O2. The van der Waals surface area contributed by atoms with Crippen molar-refractivity contribution in [2.75, 3.05) is 5.32 Å². The number of fused-ring (bicyclic) bond motifs is 1. The number of carbonyl (C=O) groups excluding carboxylic acids is 1. The maximum atomic E-state index is 12.5. The van der Waals surface area contributed by atoms with Gasteiger partial charge in [0.2, 0.25) is 5.91 Å². The molecule has 28 heavy (non-hydrogen) atoms. The lowest BCUT2D eigenvalue weighted by Crippen LogP contribution is -2.24. The second-order valence-corrected chi connectivity index (χ2v) is 7.69. The van der Waals surface area contributed by atoms with E-state index < -0.39 is 0 Å². The van der Waals surface area contributed by atoms with Crippen molar-refractivity contribution in [3.63, 3.8) is 0 Å². The molecule has 6 heteroatoms. The van der Waals surface area contributed by atoms with Gasteiger partial charge in [-0.15, -0.1) is 0 Å². The number of carbonyl (C=O) groups is 1. The average molecular weight is 396 g/mol. The van der Waals surface area contributed by atoms with Crippen LogP contribution in [0.15, 0.2) is 48.7 Å². The third-order valence-corrected chi connectivity index (χ3v) is 5.35. The number of rotatable bonds is 4. The van der Waals surface area contributed by atoms with E-state index in [1.54, 1.807) is 4.68 Å². The number of hydrogen-bond donors (Lipinski definition) is 1. The molecule has 0 radical (unpaired) electrons. The van der Waals surface area contributed by atoms with Gasteiger partial charge in [0, 0.05) is 22.9 Å². The standard InChI is InChI=1S/C22H22ClN3O2/c1-13(2)28-16-9-7-15(8-10-16)17-11-21(27)25-22-18(17)12-24-26(22)20-6-4-5-19(23)14(20)3/h4-10,12-13,17H,11H2,1-3H3,(H,25,27). The second kappa shape index (κ2) is 7.32. The summed E-state index contributed by atoms with van der Waals surface area (Å²) in [6.07, 6.45) is 2.34. The Morgan fingerprint density at radius 1 is 1.21 bits per heavy atom. The molecule has 0 aliphatic carbocycles. The van der Waals surface area contributed by atoms with Gasteiger partial charge in [-0.2, -0.15) is 5.10 Å². The Morgan fingerprint density at radius 3 is 2.68 bits per heavy atom. The summed E-state index contributed by atoms with van der Waals surface area (Å²) in [4.78, 5) is 12.5. The first-order valence-electron chi connectivity index (χ1n) is 9.34. The van der Waals surface area contributed by atoms with E-state index in [0.29, 0.717) is 17.3 Å². The van der Waals surface area contributed by atoms with Crippen molar-refractivity contribution < 1.29 is 9.53 Å². The van der Waals surface area contributed by atoms with Crippen LogP contribution in [0.3, 0.4) is 0 Å². The quantitative estimate of drug-likeness (QED) is 0.669. The molecule has 1 atom stereocenters. The molecule has 5 nitrogen and oxygen atoms in total. The number of ether oxygens (including phenoxy) is 1. The number of hydrogen-bond acceptors (Lipinski definition) is 3. The lowest BCUT2D eigenvalue weighted by molar-refractivity contribution is -0.116. The van der Waals surface area contributed by atoms with Crippen molar-refractivity contribution in [3.05, 3.63) is 70.4 Å². The molecule has 0 spiro atoms. The summed E-state index contributed by atoms with van der Waals surface area (Å²) in [6.45, 7) is 5.94. The van der Waals surface area contributed by atoms with E-state index in [4.69, 9.17) is 16.3 Å². The van der Waals surface area contributed by atoms with Crippen molar-refractivity contribution >= 4 is 23.3 Å². The zero-order valence-electron chi connectivity index (χ0n) is 16.1. The van der Waals surface area contributed by atoms with Gasteiger partial charge in [-0.25, -0.2) is 4.68 Å². The van der Waals surface area contributed by atoms with Crippen LogP contribution in [0.2, 0.25) is 5.02 Å². The summed E-state index contributed by atoms with van der Waals surface area (Å²) in [5, 5.41) is 8.21. The van der Waals surface area contributed by atoms with Crippen molar-refractivity contribution in [1.29, 1.82) is 0 Å². The first-order chi connectivity index (χ1) is 13.4. The van der Waals surface area contributed by atoms with E-state index in [-0.39, 0.29) is 17.9 Å². The minimum Gasteiger partial charge on any atom is -0.491 e. The van der Waals surface area contributed by atoms with Gasteiger partial charge in [-0.1, -0.05) is 29.8 Å². The van der Waals surface area contributed by atoms with Crippen LogP contribution in [0, 0.1) is 6.92 Å². The largest absolute Gasteiger partial charge is 0.491 e. The number of anilines is 1. The third-order valence-electron chi connectivity index (χ3n) is 4.94. The molecule has 0 bridgehead atoms. The average Bonchev–Trinajstić information content (AvgIpc) is 3.07. The molecule has 0 saturated heterocycles. The number of benzene rings is 2. The van der Waals surface area contributed by atoms with Crippen molar-refractivity contribution in [2.45, 2.75) is 39.2 Å². The van der Waals surface area contributed by atoms with Crippen LogP contribution in [0.5, 0.6) is 5.75 Å². The van der Waals surface area contributed by atoms with Crippen LogP contribution in [0.1, 0.15) is 42.9 Å². The van der Waals surface area contributed by atoms with Gasteiger partial charge in [-0.05, 0) is 56.2 Å². The van der Waals surface area contributed by atoms with Crippen molar-refractivity contribution in [1.82, 2.24) is 9.78 Å². The minimum absolute atomic E-state index is 0.0264. The second-order valence-electron chi connectivity index (χ2n) is 7.28. The third kappa shape index (κ3) is 3.38. The molecule has 1 aliphatic heterocycles. The SMILES string of the molecule is Cc1c(Cl)cccc1-n1ncc2c1NC(=O)CC2c1ccc(OC(C)C)cc1. The Labute approximate surface area is 169 Å². The summed E-state index contributed by atoms with van der Waals surface area (Å²) in [5.41, 5.74) is 3.84. The van der Waals surface area contributed by atoms with Crippen LogP contribution in [-0.4, -0.2) is 21.8 Å². The molecule has 1 unspecified atom stereocenters. The van der Waals surface area contributed by atoms with Gasteiger partial charge in [0.25, 0.3) is 0 Å². The lowest BCUT2D eigenvalue weighted by atomic mass is 9.87. The fourth-order valence-electron chi connectivity index (χ4n) is 3.58. The van der Waals surface area contributed by atoms with Crippen LogP contribution in [0.4, 0.5) is 5.82 Å². The van der Waals surface area contributed by atoms with Crippen molar-refractivity contribution in [2.24, 2.45) is 0 Å². The normalized spacial score (nSPS) is 16.0. The zero-order valence-corrected chi connectivity index (χ0v) is 16.8. The number of amides is 1. The fraction of sp³-hybridized carbons (Fsp3) is 0.273. The van der Waals surface area contributed by atoms with Gasteiger partial charge in [0.1, 0.15) is 11.6 Å². The highest BCUT2D eigenvalue weighted by atomic mass is 35.5. The van der Waals surface area contributed by atoms with E-state index in [9.17, 15) is 4.79 Å². The summed E-state index contributed by atoms with van der Waals surface area (Å²) < 4.78 is 7.49.